The summed E-state index contributed by atoms with van der Waals surface area (Å²) >= 11 is 0. The Hall–Kier alpha value is -2.71. The summed E-state index contributed by atoms with van der Waals surface area (Å²) in [5, 5.41) is 8.00. The summed E-state index contributed by atoms with van der Waals surface area (Å²) in [6.07, 6.45) is 0. The number of hydrogen-bond donors (Lipinski definition) is 1. The molecule has 1 heterocycles. The monoisotopic (exact) mass is 345 g/mol. The lowest BCUT2D eigenvalue weighted by Crippen LogP contribution is -2.19. The van der Waals surface area contributed by atoms with Gasteiger partial charge in [-0.1, -0.05) is 18.2 Å². The van der Waals surface area contributed by atoms with Crippen LogP contribution in [-0.2, 0) is 10.0 Å². The van der Waals surface area contributed by atoms with Crippen LogP contribution in [0.25, 0.3) is 22.9 Å². The Morgan fingerprint density at radius 1 is 1.00 bits per heavy atom. The van der Waals surface area contributed by atoms with Gasteiger partial charge in [0.2, 0.25) is 21.8 Å². The summed E-state index contributed by atoms with van der Waals surface area (Å²) in [6, 6.07) is 14.0. The van der Waals surface area contributed by atoms with Gasteiger partial charge in [-0.15, -0.1) is 10.2 Å². The van der Waals surface area contributed by atoms with Crippen LogP contribution in [0.2, 0.25) is 0 Å². The van der Waals surface area contributed by atoms with Gasteiger partial charge >= 0.3 is 0 Å². The molecule has 0 amide bonds. The second-order valence-electron chi connectivity index (χ2n) is 4.85. The maximum atomic E-state index is 12.1. The van der Waals surface area contributed by atoms with Gasteiger partial charge in [0.15, 0.2) is 0 Å². The molecule has 3 rings (SSSR count). The number of hydrogen-bond acceptors (Lipinski definition) is 6. The molecule has 1 N–H and O–H groups in total. The van der Waals surface area contributed by atoms with Crippen molar-refractivity contribution < 1.29 is 17.6 Å². The average molecular weight is 345 g/mol. The lowest BCUT2D eigenvalue weighted by molar-refractivity contribution is 0.402. The van der Waals surface area contributed by atoms with Crippen molar-refractivity contribution in [3.05, 3.63) is 48.5 Å². The van der Waals surface area contributed by atoms with Gasteiger partial charge in [-0.3, -0.25) is 0 Å². The van der Waals surface area contributed by atoms with Crippen LogP contribution in [0.1, 0.15) is 0 Å². The van der Waals surface area contributed by atoms with Crippen LogP contribution in [0, 0.1) is 0 Å². The number of rotatable bonds is 5. The van der Waals surface area contributed by atoms with Crippen molar-refractivity contribution >= 4 is 10.0 Å². The third-order valence-corrected chi connectivity index (χ3v) is 4.85. The minimum absolute atomic E-state index is 0.00413. The number of sulfonamides is 1. The van der Waals surface area contributed by atoms with E-state index in [1.807, 2.05) is 30.3 Å². The Labute approximate surface area is 139 Å². The van der Waals surface area contributed by atoms with Gasteiger partial charge in [0.25, 0.3) is 0 Å². The fourth-order valence-electron chi connectivity index (χ4n) is 2.17. The molecule has 8 heteroatoms. The molecule has 0 unspecified atom stereocenters. The molecule has 2 aromatic carbocycles. The number of nitrogens with zero attached hydrogens (tertiary/aromatic N) is 2. The van der Waals surface area contributed by atoms with Gasteiger partial charge < -0.3 is 9.15 Å². The molecule has 0 saturated carbocycles. The molecule has 0 spiro atoms. The molecule has 0 radical (unpaired) electrons. The Balaban J connectivity index is 2.05. The van der Waals surface area contributed by atoms with Gasteiger partial charge in [-0.05, 0) is 37.4 Å². The standard InChI is InChI=1S/C16H15N3O4S/c1-17-24(20,21)14-10-12(8-9-13(14)22-2)16-19-18-15(23-16)11-6-4-3-5-7-11/h3-10,17H,1-2H3. The number of aromatic nitrogens is 2. The minimum Gasteiger partial charge on any atom is -0.495 e. The van der Waals surface area contributed by atoms with Crippen LogP contribution in [0.5, 0.6) is 5.75 Å². The van der Waals surface area contributed by atoms with E-state index < -0.39 is 10.0 Å². The molecule has 0 aliphatic rings. The van der Waals surface area contributed by atoms with Crippen LogP contribution in [0.4, 0.5) is 0 Å². The quantitative estimate of drug-likeness (QED) is 0.762. The van der Waals surface area contributed by atoms with Crippen molar-refractivity contribution in [3.8, 4) is 28.7 Å². The van der Waals surface area contributed by atoms with E-state index in [1.165, 1.54) is 20.2 Å². The molecule has 0 atom stereocenters. The largest absolute Gasteiger partial charge is 0.495 e. The molecule has 24 heavy (non-hydrogen) atoms. The summed E-state index contributed by atoms with van der Waals surface area (Å²) in [5.74, 6) is 0.819. The molecule has 0 fully saturated rings. The molecule has 1 aromatic heterocycles. The Morgan fingerprint density at radius 3 is 2.29 bits per heavy atom. The Bertz CT molecular complexity index is 952. The van der Waals surface area contributed by atoms with Crippen molar-refractivity contribution in [1.29, 1.82) is 0 Å². The molecule has 3 aromatic rings. The topological polar surface area (TPSA) is 94.3 Å². The Morgan fingerprint density at radius 2 is 1.67 bits per heavy atom. The maximum absolute atomic E-state index is 12.1. The van der Waals surface area contributed by atoms with Crippen LogP contribution < -0.4 is 9.46 Å². The van der Waals surface area contributed by atoms with Gasteiger partial charge in [0, 0.05) is 11.1 Å². The first kappa shape index (κ1) is 16.2. The van der Waals surface area contributed by atoms with Gasteiger partial charge in [0.1, 0.15) is 10.6 Å². The molecule has 0 bridgehead atoms. The summed E-state index contributed by atoms with van der Waals surface area (Å²) in [4.78, 5) is 0.00413. The normalized spacial score (nSPS) is 11.4. The highest BCUT2D eigenvalue weighted by atomic mass is 32.2. The summed E-state index contributed by atoms with van der Waals surface area (Å²) in [7, 11) is -0.940. The van der Waals surface area contributed by atoms with Crippen LogP contribution in [0.3, 0.4) is 0 Å². The van der Waals surface area contributed by atoms with E-state index >= 15 is 0 Å². The van der Waals surface area contributed by atoms with Crippen LogP contribution in [0.15, 0.2) is 57.8 Å². The summed E-state index contributed by atoms with van der Waals surface area (Å²) in [6.45, 7) is 0. The first-order chi connectivity index (χ1) is 11.5. The number of benzene rings is 2. The molecule has 0 aliphatic carbocycles. The first-order valence-electron chi connectivity index (χ1n) is 7.06. The number of nitrogens with one attached hydrogen (secondary N) is 1. The van der Waals surface area contributed by atoms with E-state index in [9.17, 15) is 8.42 Å². The highest BCUT2D eigenvalue weighted by molar-refractivity contribution is 7.89. The first-order valence-corrected chi connectivity index (χ1v) is 8.54. The third kappa shape index (κ3) is 3.01. The lowest BCUT2D eigenvalue weighted by atomic mass is 10.2. The predicted octanol–water partition coefficient (Wildman–Crippen LogP) is 2.32. The van der Waals surface area contributed by atoms with Gasteiger partial charge in [0.05, 0.1) is 7.11 Å². The fourth-order valence-corrected chi connectivity index (χ4v) is 3.09. The fraction of sp³-hybridized carbons (Fsp3) is 0.125. The van der Waals surface area contributed by atoms with E-state index in [-0.39, 0.29) is 16.5 Å². The summed E-state index contributed by atoms with van der Waals surface area (Å²) < 4.78 is 37.3. The second kappa shape index (κ2) is 6.42. The van der Waals surface area contributed by atoms with Gasteiger partial charge in [-0.2, -0.15) is 0 Å². The highest BCUT2D eigenvalue weighted by Gasteiger charge is 2.20. The van der Waals surface area contributed by atoms with Crippen molar-refractivity contribution in [3.63, 3.8) is 0 Å². The molecule has 7 nitrogen and oxygen atoms in total. The van der Waals surface area contributed by atoms with E-state index in [1.54, 1.807) is 12.1 Å². The molecule has 0 aliphatic heterocycles. The van der Waals surface area contributed by atoms with Crippen molar-refractivity contribution in [2.75, 3.05) is 14.2 Å². The maximum Gasteiger partial charge on any atom is 0.248 e. The van der Waals surface area contributed by atoms with Crippen molar-refractivity contribution in [2.45, 2.75) is 4.90 Å². The zero-order valence-corrected chi connectivity index (χ0v) is 13.9. The second-order valence-corrected chi connectivity index (χ2v) is 6.71. The smallest absolute Gasteiger partial charge is 0.248 e. The average Bonchev–Trinajstić information content (AvgIpc) is 3.12. The molecular formula is C16H15N3O4S. The highest BCUT2D eigenvalue weighted by Crippen LogP contribution is 2.30. The molecular weight excluding hydrogens is 330 g/mol. The molecule has 0 saturated heterocycles. The van der Waals surface area contributed by atoms with Crippen molar-refractivity contribution in [1.82, 2.24) is 14.9 Å². The van der Waals surface area contributed by atoms with E-state index in [4.69, 9.17) is 9.15 Å². The zero-order chi connectivity index (χ0) is 17.2. The predicted molar refractivity (Wildman–Crippen MR) is 88.0 cm³/mol. The van der Waals surface area contributed by atoms with E-state index in [0.717, 1.165) is 5.56 Å². The minimum atomic E-state index is -3.68. The van der Waals surface area contributed by atoms with Gasteiger partial charge in [-0.25, -0.2) is 13.1 Å². The van der Waals surface area contributed by atoms with Crippen LogP contribution in [-0.4, -0.2) is 32.8 Å². The number of methoxy groups -OCH3 is 1. The SMILES string of the molecule is CNS(=O)(=O)c1cc(-c2nnc(-c3ccccc3)o2)ccc1OC. The summed E-state index contributed by atoms with van der Waals surface area (Å²) in [5.41, 5.74) is 1.27. The lowest BCUT2D eigenvalue weighted by Gasteiger charge is -2.09. The van der Waals surface area contributed by atoms with E-state index in [2.05, 4.69) is 14.9 Å². The van der Waals surface area contributed by atoms with Crippen molar-refractivity contribution in [2.24, 2.45) is 0 Å². The zero-order valence-electron chi connectivity index (χ0n) is 13.1. The van der Waals surface area contributed by atoms with E-state index in [0.29, 0.717) is 11.5 Å². The number of ether oxygens (including phenoxy) is 1. The third-order valence-electron chi connectivity index (χ3n) is 3.41. The Kier molecular flexibility index (Phi) is 4.32. The molecule has 124 valence electrons. The van der Waals surface area contributed by atoms with Crippen LogP contribution >= 0.6 is 0 Å².